The third-order valence-corrected chi connectivity index (χ3v) is 4.61. The van der Waals surface area contributed by atoms with Gasteiger partial charge in [0, 0.05) is 19.4 Å². The van der Waals surface area contributed by atoms with Gasteiger partial charge in [-0.1, -0.05) is 12.1 Å². The van der Waals surface area contributed by atoms with Crippen LogP contribution in [0, 0.1) is 0 Å². The molecule has 4 rings (SSSR count). The van der Waals surface area contributed by atoms with E-state index in [1.807, 2.05) is 6.07 Å². The number of para-hydroxylation sites is 1. The summed E-state index contributed by atoms with van der Waals surface area (Å²) in [5.74, 6) is 0.438. The monoisotopic (exact) mass is 341 g/mol. The highest BCUT2D eigenvalue weighted by molar-refractivity contribution is 5.98. The van der Waals surface area contributed by atoms with E-state index in [4.69, 9.17) is 4.74 Å². The molecule has 2 aliphatic heterocycles. The van der Waals surface area contributed by atoms with Gasteiger partial charge in [-0.05, 0) is 18.6 Å². The molecule has 0 unspecified atom stereocenters. The highest BCUT2D eigenvalue weighted by atomic mass is 16.5. The lowest BCUT2D eigenvalue weighted by Crippen LogP contribution is -2.64. The Morgan fingerprint density at radius 1 is 1.36 bits per heavy atom. The predicted octanol–water partition coefficient (Wildman–Crippen LogP) is 0.809. The molecule has 2 amide bonds. The number of piperidine rings is 1. The molecule has 8 heteroatoms. The summed E-state index contributed by atoms with van der Waals surface area (Å²) >= 11 is 0. The minimum atomic E-state index is -0.841. The number of carbonyl (C=O) groups is 2. The molecule has 1 aromatic heterocycles. The van der Waals surface area contributed by atoms with Gasteiger partial charge < -0.3 is 15.0 Å². The average molecular weight is 341 g/mol. The Morgan fingerprint density at radius 3 is 3.08 bits per heavy atom. The summed E-state index contributed by atoms with van der Waals surface area (Å²) in [4.78, 5) is 30.6. The third-order valence-electron chi connectivity index (χ3n) is 4.61. The Morgan fingerprint density at radius 2 is 2.24 bits per heavy atom. The molecule has 0 radical (unpaired) electrons. The van der Waals surface area contributed by atoms with Gasteiger partial charge in [0.15, 0.2) is 0 Å². The van der Waals surface area contributed by atoms with Crippen molar-refractivity contribution in [2.75, 3.05) is 13.1 Å². The lowest BCUT2D eigenvalue weighted by molar-refractivity contribution is -0.138. The van der Waals surface area contributed by atoms with Crippen LogP contribution < -0.4 is 10.1 Å². The third kappa shape index (κ3) is 3.07. The van der Waals surface area contributed by atoms with Gasteiger partial charge in [0.1, 0.15) is 18.4 Å². The van der Waals surface area contributed by atoms with E-state index in [1.54, 1.807) is 34.1 Å². The molecule has 2 aromatic rings. The van der Waals surface area contributed by atoms with Crippen LogP contribution in [0.25, 0.3) is 0 Å². The lowest BCUT2D eigenvalue weighted by atomic mass is 9.97. The van der Waals surface area contributed by atoms with Crippen LogP contribution in [0.4, 0.5) is 0 Å². The highest BCUT2D eigenvalue weighted by Crippen LogP contribution is 2.32. The second-order valence-corrected chi connectivity index (χ2v) is 6.37. The molecule has 3 heterocycles. The number of nitrogens with one attached hydrogen (secondary N) is 1. The Bertz CT molecular complexity index is 791. The summed E-state index contributed by atoms with van der Waals surface area (Å²) < 4.78 is 7.74. The maximum atomic E-state index is 12.5. The summed E-state index contributed by atoms with van der Waals surface area (Å²) in [5.41, 5.74) is -0.310. The van der Waals surface area contributed by atoms with Crippen molar-refractivity contribution in [3.63, 3.8) is 0 Å². The second kappa shape index (κ2) is 6.19. The molecule has 1 N–H and O–H groups in total. The lowest BCUT2D eigenvalue weighted by Gasteiger charge is -2.45. The van der Waals surface area contributed by atoms with E-state index in [0.717, 1.165) is 6.42 Å². The van der Waals surface area contributed by atoms with E-state index in [-0.39, 0.29) is 11.8 Å². The first-order chi connectivity index (χ1) is 12.2. The Kier molecular flexibility index (Phi) is 3.87. The zero-order valence-corrected chi connectivity index (χ0v) is 13.7. The van der Waals surface area contributed by atoms with Crippen molar-refractivity contribution in [3.8, 4) is 5.75 Å². The number of hydrogen-bond donors (Lipinski definition) is 1. The topological polar surface area (TPSA) is 89.4 Å². The van der Waals surface area contributed by atoms with E-state index in [2.05, 4.69) is 15.4 Å². The van der Waals surface area contributed by atoms with Crippen molar-refractivity contribution in [3.05, 3.63) is 42.5 Å². The van der Waals surface area contributed by atoms with Gasteiger partial charge in [0.05, 0.1) is 18.7 Å². The number of aromatic nitrogens is 3. The normalized spacial score (nSPS) is 22.2. The first-order valence-electron chi connectivity index (χ1n) is 8.36. The Balaban J connectivity index is 1.46. The number of benzene rings is 1. The quantitative estimate of drug-likeness (QED) is 0.892. The number of rotatable bonds is 3. The van der Waals surface area contributed by atoms with Crippen LogP contribution >= 0.6 is 0 Å². The second-order valence-electron chi connectivity index (χ2n) is 6.37. The molecule has 0 aliphatic carbocycles. The molecule has 1 atom stereocenters. The number of likely N-dealkylation sites (tertiary alicyclic amines) is 1. The maximum absolute atomic E-state index is 12.5. The molecular weight excluding hydrogens is 322 g/mol. The highest BCUT2D eigenvalue weighted by Gasteiger charge is 2.44. The number of carbonyl (C=O) groups excluding carboxylic acids is 2. The van der Waals surface area contributed by atoms with Crippen LogP contribution in [0.2, 0.25) is 0 Å². The van der Waals surface area contributed by atoms with Crippen LogP contribution in [0.5, 0.6) is 5.75 Å². The zero-order valence-electron chi connectivity index (χ0n) is 13.7. The summed E-state index contributed by atoms with van der Waals surface area (Å²) in [5, 5.41) is 6.96. The van der Waals surface area contributed by atoms with Gasteiger partial charge >= 0.3 is 0 Å². The number of amides is 2. The summed E-state index contributed by atoms with van der Waals surface area (Å²) in [6, 6.07) is 7.18. The summed E-state index contributed by atoms with van der Waals surface area (Å²) in [7, 11) is 0. The zero-order chi connectivity index (χ0) is 17.3. The number of hydrogen-bond acceptors (Lipinski definition) is 5. The van der Waals surface area contributed by atoms with Crippen molar-refractivity contribution in [1.29, 1.82) is 0 Å². The number of nitrogens with zero attached hydrogens (tertiary/aromatic N) is 4. The Hall–Kier alpha value is -2.90. The standard InChI is InChI=1S/C17H19N5O3/c23-15(6-9-22-12-18-11-19-22)21-8-3-7-17(10-21)20-16(24)13-4-1-2-5-14(13)25-17/h1-2,4-5,11-12H,3,6-10H2,(H,20,24)/t17-/m0/s1. The van der Waals surface area contributed by atoms with E-state index in [9.17, 15) is 9.59 Å². The van der Waals surface area contributed by atoms with E-state index in [0.29, 0.717) is 43.8 Å². The number of aryl methyl sites for hydroxylation is 1. The van der Waals surface area contributed by atoms with Gasteiger partial charge in [-0.3, -0.25) is 14.3 Å². The van der Waals surface area contributed by atoms with Gasteiger partial charge in [0.25, 0.3) is 5.91 Å². The van der Waals surface area contributed by atoms with Crippen LogP contribution in [0.3, 0.4) is 0 Å². The molecule has 0 bridgehead atoms. The van der Waals surface area contributed by atoms with Gasteiger partial charge in [-0.25, -0.2) is 4.98 Å². The fourth-order valence-electron chi connectivity index (χ4n) is 3.39. The number of fused-ring (bicyclic) bond motifs is 1. The van der Waals surface area contributed by atoms with E-state index < -0.39 is 5.72 Å². The first-order valence-corrected chi connectivity index (χ1v) is 8.36. The molecule has 2 aliphatic rings. The maximum Gasteiger partial charge on any atom is 0.258 e. The van der Waals surface area contributed by atoms with Gasteiger partial charge in [-0.2, -0.15) is 5.10 Å². The average Bonchev–Trinajstić information content (AvgIpc) is 3.13. The van der Waals surface area contributed by atoms with Gasteiger partial charge in [0.2, 0.25) is 11.6 Å². The predicted molar refractivity (Wildman–Crippen MR) is 87.7 cm³/mol. The van der Waals surface area contributed by atoms with Gasteiger partial charge in [-0.15, -0.1) is 0 Å². The van der Waals surface area contributed by atoms with Crippen molar-refractivity contribution >= 4 is 11.8 Å². The fraction of sp³-hybridized carbons (Fsp3) is 0.412. The van der Waals surface area contributed by atoms with E-state index >= 15 is 0 Å². The van der Waals surface area contributed by atoms with Crippen molar-refractivity contribution in [1.82, 2.24) is 25.0 Å². The summed E-state index contributed by atoms with van der Waals surface area (Å²) in [6.45, 7) is 1.50. The molecule has 1 fully saturated rings. The van der Waals surface area contributed by atoms with E-state index in [1.165, 1.54) is 6.33 Å². The molecule has 1 spiro atoms. The molecule has 1 saturated heterocycles. The molecule has 130 valence electrons. The van der Waals surface area contributed by atoms with Crippen molar-refractivity contribution in [2.45, 2.75) is 31.5 Å². The Labute approximate surface area is 144 Å². The molecule has 1 aromatic carbocycles. The molecule has 0 saturated carbocycles. The molecule has 25 heavy (non-hydrogen) atoms. The minimum absolute atomic E-state index is 0.0197. The van der Waals surface area contributed by atoms with Crippen LogP contribution in [0.15, 0.2) is 36.9 Å². The fourth-order valence-corrected chi connectivity index (χ4v) is 3.39. The van der Waals surface area contributed by atoms with Crippen LogP contribution in [-0.2, 0) is 11.3 Å². The van der Waals surface area contributed by atoms with Crippen LogP contribution in [-0.4, -0.2) is 50.3 Å². The molecule has 8 nitrogen and oxygen atoms in total. The largest absolute Gasteiger partial charge is 0.465 e. The first kappa shape index (κ1) is 15.6. The molecular formula is C17H19N5O3. The van der Waals surface area contributed by atoms with Crippen molar-refractivity contribution < 1.29 is 14.3 Å². The van der Waals surface area contributed by atoms with Crippen LogP contribution in [0.1, 0.15) is 29.6 Å². The minimum Gasteiger partial charge on any atom is -0.465 e. The number of ether oxygens (including phenoxy) is 1. The SMILES string of the molecule is O=C1N[C@@]2(CCCN(C(=O)CCn3cncn3)C2)Oc2ccccc21. The smallest absolute Gasteiger partial charge is 0.258 e. The summed E-state index contributed by atoms with van der Waals surface area (Å²) in [6.07, 6.45) is 4.83. The van der Waals surface area contributed by atoms with Crippen molar-refractivity contribution in [2.24, 2.45) is 0 Å².